The highest BCUT2D eigenvalue weighted by atomic mass is 35.5. The number of carbonyl (C=O) groups excluding carboxylic acids is 2. The standard InChI is InChI=1S/C24H20ClFN4O5S/c1-11(2)18-20(16(36-4)8-9-27-18)29-23-12(22(31)21(24(29)32)30(33)34)10-13(25)19(28-23)17-14(26)6-5-7-15(17)35-3/h5-11,21H,1-4H3. The molecule has 12 heteroatoms. The van der Waals surface area contributed by atoms with E-state index in [0.717, 1.165) is 4.90 Å². The van der Waals surface area contributed by atoms with Crippen molar-refractivity contribution >= 4 is 46.6 Å². The highest BCUT2D eigenvalue weighted by molar-refractivity contribution is 7.98. The molecule has 1 aliphatic heterocycles. The number of ketones is 1. The minimum Gasteiger partial charge on any atom is -0.496 e. The SMILES string of the molecule is COc1cccc(F)c1-c1nc2c(cc1Cl)C(=O)C([N+](=O)[O-])C(=O)N2c1c(SC)ccnc1C(C)C. The van der Waals surface area contributed by atoms with Crippen LogP contribution in [0.4, 0.5) is 15.9 Å². The molecule has 0 fully saturated rings. The van der Waals surface area contributed by atoms with Gasteiger partial charge in [0.2, 0.25) is 5.78 Å². The molecule has 3 heterocycles. The molecule has 0 radical (unpaired) electrons. The molecule has 36 heavy (non-hydrogen) atoms. The maximum absolute atomic E-state index is 14.9. The van der Waals surface area contributed by atoms with Crippen molar-refractivity contribution in [2.45, 2.75) is 30.7 Å². The maximum atomic E-state index is 14.9. The highest BCUT2D eigenvalue weighted by Crippen LogP contribution is 2.45. The van der Waals surface area contributed by atoms with Gasteiger partial charge >= 0.3 is 11.9 Å². The fraction of sp³-hybridized carbons (Fsp3) is 0.250. The smallest absolute Gasteiger partial charge is 0.352 e. The molecule has 0 saturated heterocycles. The van der Waals surface area contributed by atoms with E-state index in [1.807, 2.05) is 13.8 Å². The maximum Gasteiger partial charge on any atom is 0.352 e. The average molecular weight is 531 g/mol. The third-order valence-corrected chi connectivity index (χ3v) is 6.74. The second kappa shape index (κ2) is 9.82. The molecular formula is C24H20ClFN4O5S. The van der Waals surface area contributed by atoms with Crippen LogP contribution in [0.3, 0.4) is 0 Å². The molecular weight excluding hydrogens is 511 g/mol. The fourth-order valence-corrected chi connectivity index (χ4v) is 4.89. The molecule has 0 saturated carbocycles. The first kappa shape index (κ1) is 25.5. The normalized spacial score (nSPS) is 15.3. The van der Waals surface area contributed by atoms with Gasteiger partial charge in [-0.15, -0.1) is 11.8 Å². The van der Waals surface area contributed by atoms with E-state index in [4.69, 9.17) is 16.3 Å². The van der Waals surface area contributed by atoms with Gasteiger partial charge in [0.15, 0.2) is 5.82 Å². The van der Waals surface area contributed by atoms with Gasteiger partial charge < -0.3 is 4.74 Å². The van der Waals surface area contributed by atoms with Crippen molar-refractivity contribution in [1.29, 1.82) is 0 Å². The summed E-state index contributed by atoms with van der Waals surface area (Å²) in [5, 5.41) is 11.7. The molecule has 0 spiro atoms. The number of halogens is 2. The van der Waals surface area contributed by atoms with Crippen LogP contribution in [0.1, 0.15) is 35.8 Å². The van der Waals surface area contributed by atoms with Gasteiger partial charge in [0.05, 0.1) is 40.3 Å². The number of hydrogen-bond donors (Lipinski definition) is 0. The highest BCUT2D eigenvalue weighted by Gasteiger charge is 2.50. The lowest BCUT2D eigenvalue weighted by Gasteiger charge is -2.32. The molecule has 1 atom stereocenters. The largest absolute Gasteiger partial charge is 0.496 e. The van der Waals surface area contributed by atoms with Crippen molar-refractivity contribution in [1.82, 2.24) is 9.97 Å². The molecule has 0 bridgehead atoms. The number of nitro groups is 1. The summed E-state index contributed by atoms with van der Waals surface area (Å²) in [5.41, 5.74) is 0.345. The number of pyridine rings is 2. The molecule has 1 unspecified atom stereocenters. The van der Waals surface area contributed by atoms with Gasteiger partial charge in [-0.1, -0.05) is 31.5 Å². The number of Topliss-reactive ketones (excluding diaryl/α,β-unsaturated/α-hetero) is 1. The van der Waals surface area contributed by atoms with Gasteiger partial charge in [0.25, 0.3) is 0 Å². The number of ether oxygens (including phenoxy) is 1. The molecule has 1 aromatic carbocycles. The predicted octanol–water partition coefficient (Wildman–Crippen LogP) is 5.30. The Morgan fingerprint density at radius 3 is 2.61 bits per heavy atom. The Balaban J connectivity index is 2.11. The van der Waals surface area contributed by atoms with Crippen molar-refractivity contribution < 1.29 is 23.6 Å². The lowest BCUT2D eigenvalue weighted by atomic mass is 9.96. The molecule has 0 aliphatic carbocycles. The van der Waals surface area contributed by atoms with E-state index in [1.165, 1.54) is 43.1 Å². The molecule has 2 aromatic heterocycles. The van der Waals surface area contributed by atoms with Crippen LogP contribution < -0.4 is 9.64 Å². The summed E-state index contributed by atoms with van der Waals surface area (Å²) in [7, 11) is 1.35. The van der Waals surface area contributed by atoms with Crippen LogP contribution in [0.25, 0.3) is 11.3 Å². The third kappa shape index (κ3) is 4.07. The summed E-state index contributed by atoms with van der Waals surface area (Å²) < 4.78 is 20.2. The summed E-state index contributed by atoms with van der Waals surface area (Å²) in [6, 6.07) is 4.78. The molecule has 3 aromatic rings. The Kier molecular flexibility index (Phi) is 6.96. The first-order chi connectivity index (χ1) is 17.1. The van der Waals surface area contributed by atoms with Crippen LogP contribution in [0.15, 0.2) is 41.4 Å². The Bertz CT molecular complexity index is 1420. The van der Waals surface area contributed by atoms with Crippen molar-refractivity contribution in [3.05, 3.63) is 68.7 Å². The van der Waals surface area contributed by atoms with Crippen molar-refractivity contribution in [3.63, 3.8) is 0 Å². The number of aromatic nitrogens is 2. The number of methoxy groups -OCH3 is 1. The van der Waals surface area contributed by atoms with Crippen molar-refractivity contribution in [3.8, 4) is 17.0 Å². The number of nitrogens with zero attached hydrogens (tertiary/aromatic N) is 4. The lowest BCUT2D eigenvalue weighted by Crippen LogP contribution is -2.50. The van der Waals surface area contributed by atoms with Crippen molar-refractivity contribution in [2.75, 3.05) is 18.3 Å². The van der Waals surface area contributed by atoms with E-state index >= 15 is 0 Å². The van der Waals surface area contributed by atoms with Gasteiger partial charge in [-0.3, -0.25) is 29.6 Å². The van der Waals surface area contributed by atoms with Gasteiger partial charge in [0, 0.05) is 16.0 Å². The summed E-state index contributed by atoms with van der Waals surface area (Å²) in [6.07, 6.45) is 3.35. The van der Waals surface area contributed by atoms with Gasteiger partial charge in [0.1, 0.15) is 11.6 Å². The van der Waals surface area contributed by atoms with Crippen LogP contribution in [-0.2, 0) is 4.79 Å². The van der Waals surface area contributed by atoms with E-state index in [9.17, 15) is 24.1 Å². The number of fused-ring (bicyclic) bond motifs is 1. The van der Waals surface area contributed by atoms with Gasteiger partial charge in [-0.05, 0) is 36.4 Å². The number of thioether (sulfide) groups is 1. The Morgan fingerprint density at radius 1 is 1.28 bits per heavy atom. The minimum atomic E-state index is -2.20. The Labute approximate surface area is 214 Å². The summed E-state index contributed by atoms with van der Waals surface area (Å²) in [5.74, 6) is -3.10. The average Bonchev–Trinajstić information content (AvgIpc) is 2.84. The van der Waals surface area contributed by atoms with E-state index in [1.54, 1.807) is 18.5 Å². The first-order valence-corrected chi connectivity index (χ1v) is 12.3. The van der Waals surface area contributed by atoms with Crippen molar-refractivity contribution in [2.24, 2.45) is 0 Å². The van der Waals surface area contributed by atoms with E-state index in [0.29, 0.717) is 10.6 Å². The van der Waals surface area contributed by atoms with E-state index in [-0.39, 0.29) is 45.0 Å². The van der Waals surface area contributed by atoms with Crippen LogP contribution in [-0.4, -0.2) is 46.0 Å². The topological polar surface area (TPSA) is 116 Å². The Hall–Kier alpha value is -3.57. The van der Waals surface area contributed by atoms with Crippen LogP contribution in [0, 0.1) is 15.9 Å². The number of rotatable bonds is 6. The zero-order chi connectivity index (χ0) is 26.3. The summed E-state index contributed by atoms with van der Waals surface area (Å²) >= 11 is 7.73. The number of carbonyl (C=O) groups is 2. The Morgan fingerprint density at radius 2 is 2.00 bits per heavy atom. The zero-order valence-corrected chi connectivity index (χ0v) is 21.2. The van der Waals surface area contributed by atoms with Crippen LogP contribution in [0.5, 0.6) is 5.75 Å². The van der Waals surface area contributed by atoms with Crippen LogP contribution >= 0.6 is 23.4 Å². The molecule has 1 aliphatic rings. The molecule has 9 nitrogen and oxygen atoms in total. The second-order valence-electron chi connectivity index (χ2n) is 8.13. The number of hydrogen-bond acceptors (Lipinski definition) is 8. The number of benzene rings is 1. The molecule has 186 valence electrons. The van der Waals surface area contributed by atoms with Gasteiger partial charge in [-0.25, -0.2) is 9.37 Å². The summed E-state index contributed by atoms with van der Waals surface area (Å²) in [6.45, 7) is 3.71. The first-order valence-electron chi connectivity index (χ1n) is 10.7. The molecule has 1 amide bonds. The van der Waals surface area contributed by atoms with Crippen LogP contribution in [0.2, 0.25) is 5.02 Å². The zero-order valence-electron chi connectivity index (χ0n) is 19.6. The number of amides is 1. The molecule has 0 N–H and O–H groups in total. The monoisotopic (exact) mass is 530 g/mol. The third-order valence-electron chi connectivity index (χ3n) is 5.68. The van der Waals surface area contributed by atoms with E-state index < -0.39 is 28.5 Å². The second-order valence-corrected chi connectivity index (χ2v) is 9.39. The summed E-state index contributed by atoms with van der Waals surface area (Å²) in [4.78, 5) is 48.0. The van der Waals surface area contributed by atoms with E-state index in [2.05, 4.69) is 9.97 Å². The fourth-order valence-electron chi connectivity index (χ4n) is 4.06. The quantitative estimate of drug-likeness (QED) is 0.182. The van der Waals surface area contributed by atoms with Gasteiger partial charge in [-0.2, -0.15) is 0 Å². The minimum absolute atomic E-state index is 0.0793. The number of anilines is 2. The molecule has 4 rings (SSSR count). The predicted molar refractivity (Wildman–Crippen MR) is 134 cm³/mol. The lowest BCUT2D eigenvalue weighted by molar-refractivity contribution is -0.491.